The second-order valence-corrected chi connectivity index (χ2v) is 6.88. The Hall–Kier alpha value is -1.60. The van der Waals surface area contributed by atoms with Crippen molar-refractivity contribution in [1.29, 1.82) is 0 Å². The van der Waals surface area contributed by atoms with E-state index in [1.165, 1.54) is 4.90 Å². The zero-order valence-corrected chi connectivity index (χ0v) is 15.2. The van der Waals surface area contributed by atoms with Crippen LogP contribution >= 0.6 is 0 Å². The van der Waals surface area contributed by atoms with E-state index in [9.17, 15) is 9.90 Å². The minimum absolute atomic E-state index is 0.121. The zero-order chi connectivity index (χ0) is 17.7. The van der Waals surface area contributed by atoms with E-state index >= 15 is 0 Å². The Balaban J connectivity index is 1.68. The molecule has 7 heteroatoms. The van der Waals surface area contributed by atoms with Gasteiger partial charge in [0.05, 0.1) is 18.3 Å². The highest BCUT2D eigenvalue weighted by molar-refractivity contribution is 5.73. The van der Waals surface area contributed by atoms with Crippen LogP contribution < -0.4 is 5.32 Å². The molecule has 0 aliphatic carbocycles. The Kier molecular flexibility index (Phi) is 6.62. The summed E-state index contributed by atoms with van der Waals surface area (Å²) < 4.78 is 5.65. The van der Waals surface area contributed by atoms with Gasteiger partial charge in [-0.25, -0.2) is 9.78 Å². The van der Waals surface area contributed by atoms with Gasteiger partial charge in [-0.1, -0.05) is 0 Å². The van der Waals surface area contributed by atoms with Gasteiger partial charge >= 0.3 is 6.03 Å². The largest absolute Gasteiger partial charge is 0.444 e. The third kappa shape index (κ3) is 5.49. The number of oxazole rings is 1. The molecule has 0 saturated carbocycles. The first-order valence-electron chi connectivity index (χ1n) is 8.67. The molecule has 0 spiro atoms. The van der Waals surface area contributed by atoms with Crippen LogP contribution in [0, 0.1) is 19.8 Å². The summed E-state index contributed by atoms with van der Waals surface area (Å²) in [4.78, 5) is 20.2. The molecule has 1 unspecified atom stereocenters. The minimum Gasteiger partial charge on any atom is -0.444 e. The number of aliphatic hydroxyl groups is 1. The first-order valence-corrected chi connectivity index (χ1v) is 8.67. The average Bonchev–Trinajstić information content (AvgIpc) is 2.83. The Labute approximate surface area is 144 Å². The van der Waals surface area contributed by atoms with Crippen molar-refractivity contribution in [2.75, 3.05) is 33.2 Å². The van der Waals surface area contributed by atoms with Gasteiger partial charge in [0.1, 0.15) is 5.76 Å². The average molecular weight is 338 g/mol. The number of hydrogen-bond acceptors (Lipinski definition) is 5. The normalized spacial score (nSPS) is 17.7. The number of urea groups is 1. The second-order valence-electron chi connectivity index (χ2n) is 6.88. The van der Waals surface area contributed by atoms with E-state index in [2.05, 4.69) is 15.2 Å². The molecule has 0 bridgehead atoms. The van der Waals surface area contributed by atoms with Gasteiger partial charge in [0.15, 0.2) is 0 Å². The van der Waals surface area contributed by atoms with E-state index in [0.717, 1.165) is 49.8 Å². The predicted molar refractivity (Wildman–Crippen MR) is 91.7 cm³/mol. The van der Waals surface area contributed by atoms with E-state index in [-0.39, 0.29) is 6.03 Å². The monoisotopic (exact) mass is 338 g/mol. The SMILES string of the molecule is Cc1nc(CN2CCC(CNC(=O)N(C)CC(C)O)CC2)oc1C. The Morgan fingerprint density at radius 3 is 2.67 bits per heavy atom. The Morgan fingerprint density at radius 2 is 2.12 bits per heavy atom. The molecule has 24 heavy (non-hydrogen) atoms. The second kappa shape index (κ2) is 8.48. The van der Waals surface area contributed by atoms with E-state index in [4.69, 9.17) is 4.42 Å². The summed E-state index contributed by atoms with van der Waals surface area (Å²) in [6.07, 6.45) is 1.60. The molecule has 136 valence electrons. The fraction of sp³-hybridized carbons (Fsp3) is 0.765. The highest BCUT2D eigenvalue weighted by Crippen LogP contribution is 2.19. The standard InChI is InChI=1S/C17H30N4O3/c1-12(22)10-20(4)17(23)18-9-15-5-7-21(8-6-15)11-16-19-13(2)14(3)24-16/h12,15,22H,5-11H2,1-4H3,(H,18,23). The maximum atomic E-state index is 11.9. The number of aryl methyl sites for hydroxylation is 2. The van der Waals surface area contributed by atoms with Crippen molar-refractivity contribution in [1.82, 2.24) is 20.1 Å². The van der Waals surface area contributed by atoms with Crippen molar-refractivity contribution in [2.45, 2.75) is 46.3 Å². The number of nitrogens with zero attached hydrogens (tertiary/aromatic N) is 3. The van der Waals surface area contributed by atoms with Crippen LogP contribution in [0.5, 0.6) is 0 Å². The summed E-state index contributed by atoms with van der Waals surface area (Å²) in [7, 11) is 1.70. The van der Waals surface area contributed by atoms with Crippen LogP contribution in [0.15, 0.2) is 4.42 Å². The lowest BCUT2D eigenvalue weighted by atomic mass is 9.97. The predicted octanol–water partition coefficient (Wildman–Crippen LogP) is 1.53. The number of piperidine rings is 1. The van der Waals surface area contributed by atoms with Crippen molar-refractivity contribution in [2.24, 2.45) is 5.92 Å². The van der Waals surface area contributed by atoms with Crippen LogP contribution in [-0.4, -0.2) is 65.3 Å². The smallest absolute Gasteiger partial charge is 0.317 e. The number of hydrogen-bond donors (Lipinski definition) is 2. The number of rotatable bonds is 6. The highest BCUT2D eigenvalue weighted by atomic mass is 16.4. The van der Waals surface area contributed by atoms with E-state index < -0.39 is 6.10 Å². The van der Waals surface area contributed by atoms with Gasteiger partial charge in [-0.3, -0.25) is 4.90 Å². The molecule has 0 radical (unpaired) electrons. The lowest BCUT2D eigenvalue weighted by molar-refractivity contribution is 0.139. The molecule has 2 amide bonds. The van der Waals surface area contributed by atoms with Crippen LogP contribution in [-0.2, 0) is 6.54 Å². The summed E-state index contributed by atoms with van der Waals surface area (Å²) in [6.45, 7) is 9.35. The Morgan fingerprint density at radius 1 is 1.46 bits per heavy atom. The van der Waals surface area contributed by atoms with Crippen molar-refractivity contribution < 1.29 is 14.3 Å². The van der Waals surface area contributed by atoms with Crippen molar-refractivity contribution >= 4 is 6.03 Å². The van der Waals surface area contributed by atoms with Crippen molar-refractivity contribution in [3.8, 4) is 0 Å². The molecule has 1 fully saturated rings. The first-order chi connectivity index (χ1) is 11.3. The molecule has 1 aliphatic heterocycles. The van der Waals surface area contributed by atoms with Crippen LogP contribution in [0.25, 0.3) is 0 Å². The van der Waals surface area contributed by atoms with Gasteiger partial charge in [-0.15, -0.1) is 0 Å². The summed E-state index contributed by atoms with van der Waals surface area (Å²) in [5.41, 5.74) is 0.962. The molecular formula is C17H30N4O3. The van der Waals surface area contributed by atoms with Crippen LogP contribution in [0.4, 0.5) is 4.79 Å². The van der Waals surface area contributed by atoms with Gasteiger partial charge in [0.25, 0.3) is 0 Å². The maximum absolute atomic E-state index is 11.9. The van der Waals surface area contributed by atoms with Gasteiger partial charge in [0.2, 0.25) is 5.89 Å². The molecule has 1 aromatic heterocycles. The molecule has 2 heterocycles. The molecule has 1 aliphatic rings. The number of likely N-dealkylation sites (N-methyl/N-ethyl adjacent to an activating group) is 1. The van der Waals surface area contributed by atoms with Gasteiger partial charge in [-0.2, -0.15) is 0 Å². The molecule has 1 atom stereocenters. The Bertz CT molecular complexity index is 516. The lowest BCUT2D eigenvalue weighted by Crippen LogP contribution is -2.44. The third-order valence-corrected chi connectivity index (χ3v) is 4.57. The highest BCUT2D eigenvalue weighted by Gasteiger charge is 2.22. The zero-order valence-electron chi connectivity index (χ0n) is 15.2. The summed E-state index contributed by atoms with van der Waals surface area (Å²) in [6, 6.07) is -0.121. The number of carbonyl (C=O) groups is 1. The topological polar surface area (TPSA) is 81.8 Å². The fourth-order valence-electron chi connectivity index (χ4n) is 2.99. The molecule has 0 aromatic carbocycles. The van der Waals surface area contributed by atoms with Crippen molar-refractivity contribution in [3.05, 3.63) is 17.3 Å². The number of aliphatic hydroxyl groups excluding tert-OH is 1. The number of amides is 2. The maximum Gasteiger partial charge on any atom is 0.317 e. The first kappa shape index (κ1) is 18.7. The van der Waals surface area contributed by atoms with Gasteiger partial charge in [-0.05, 0) is 52.6 Å². The van der Waals surface area contributed by atoms with Crippen LogP contribution in [0.2, 0.25) is 0 Å². The lowest BCUT2D eigenvalue weighted by Gasteiger charge is -2.31. The molecule has 2 rings (SSSR count). The van der Waals surface area contributed by atoms with Crippen LogP contribution in [0.1, 0.15) is 37.1 Å². The molecule has 7 nitrogen and oxygen atoms in total. The fourth-order valence-corrected chi connectivity index (χ4v) is 2.99. The number of nitrogens with one attached hydrogen (secondary N) is 1. The van der Waals surface area contributed by atoms with E-state index in [1.54, 1.807) is 14.0 Å². The number of carbonyl (C=O) groups excluding carboxylic acids is 1. The van der Waals surface area contributed by atoms with E-state index in [1.807, 2.05) is 13.8 Å². The number of aromatic nitrogens is 1. The van der Waals surface area contributed by atoms with Gasteiger partial charge in [0, 0.05) is 20.1 Å². The third-order valence-electron chi connectivity index (χ3n) is 4.57. The van der Waals surface area contributed by atoms with Crippen LogP contribution in [0.3, 0.4) is 0 Å². The summed E-state index contributed by atoms with van der Waals surface area (Å²) in [5, 5.41) is 12.3. The number of likely N-dealkylation sites (tertiary alicyclic amines) is 1. The molecule has 1 aromatic rings. The van der Waals surface area contributed by atoms with Gasteiger partial charge < -0.3 is 19.7 Å². The molecule has 2 N–H and O–H groups in total. The summed E-state index contributed by atoms with van der Waals surface area (Å²) >= 11 is 0. The minimum atomic E-state index is -0.508. The van der Waals surface area contributed by atoms with E-state index in [0.29, 0.717) is 19.0 Å². The molecule has 1 saturated heterocycles. The molecular weight excluding hydrogens is 308 g/mol. The summed E-state index contributed by atoms with van der Waals surface area (Å²) in [5.74, 6) is 2.18. The van der Waals surface area contributed by atoms with Crippen molar-refractivity contribution in [3.63, 3.8) is 0 Å². The quantitative estimate of drug-likeness (QED) is 0.822.